The van der Waals surface area contributed by atoms with Gasteiger partial charge in [-0.1, -0.05) is 108 Å². The normalized spacial score (nSPS) is 11.0. The summed E-state index contributed by atoms with van der Waals surface area (Å²) in [6, 6.07) is 17.2. The van der Waals surface area contributed by atoms with Crippen LogP contribution < -0.4 is 10.1 Å². The number of unbranched alkanes of at least 4 members (excludes halogenated alkanes) is 11. The van der Waals surface area contributed by atoms with E-state index in [2.05, 4.69) is 24.4 Å². The maximum atomic E-state index is 11.9. The first-order chi connectivity index (χ1) is 15.8. The second-order valence-electron chi connectivity index (χ2n) is 8.51. The van der Waals surface area contributed by atoms with Crippen molar-refractivity contribution in [3.05, 3.63) is 66.2 Å². The van der Waals surface area contributed by atoms with Crippen molar-refractivity contribution in [1.29, 1.82) is 0 Å². The van der Waals surface area contributed by atoms with Gasteiger partial charge in [-0.25, -0.2) is 4.79 Å². The van der Waals surface area contributed by atoms with Gasteiger partial charge in [0.05, 0.1) is 0 Å². The van der Waals surface area contributed by atoms with Gasteiger partial charge in [0.2, 0.25) is 0 Å². The number of ether oxygens (including phenoxy) is 1. The predicted octanol–water partition coefficient (Wildman–Crippen LogP) is 8.42. The highest BCUT2D eigenvalue weighted by molar-refractivity contribution is 5.88. The first-order valence-electron chi connectivity index (χ1n) is 12.6. The van der Waals surface area contributed by atoms with E-state index in [1.807, 2.05) is 30.3 Å². The van der Waals surface area contributed by atoms with Crippen molar-refractivity contribution < 1.29 is 9.53 Å². The number of nitrogens with one attached hydrogen (secondary N) is 1. The van der Waals surface area contributed by atoms with Crippen LogP contribution in [-0.2, 0) is 4.79 Å². The van der Waals surface area contributed by atoms with Crippen molar-refractivity contribution in [2.75, 3.05) is 11.9 Å². The highest BCUT2D eigenvalue weighted by atomic mass is 16.5. The Kier molecular flexibility index (Phi) is 13.7. The van der Waals surface area contributed by atoms with Crippen LogP contribution in [0.1, 0.15) is 89.5 Å². The molecule has 0 aliphatic carbocycles. The van der Waals surface area contributed by atoms with Crippen LogP contribution in [0.2, 0.25) is 0 Å². The zero-order valence-electron chi connectivity index (χ0n) is 19.9. The first kappa shape index (κ1) is 25.7. The highest BCUT2D eigenvalue weighted by Gasteiger charge is 1.99. The predicted molar refractivity (Wildman–Crippen MR) is 137 cm³/mol. The van der Waals surface area contributed by atoms with E-state index in [0.29, 0.717) is 5.75 Å². The van der Waals surface area contributed by atoms with Gasteiger partial charge in [0, 0.05) is 18.3 Å². The zero-order valence-corrected chi connectivity index (χ0v) is 19.9. The van der Waals surface area contributed by atoms with Gasteiger partial charge in [0.25, 0.3) is 0 Å². The first-order valence-corrected chi connectivity index (χ1v) is 12.6. The molecule has 0 fully saturated rings. The fraction of sp³-hybridized carbons (Fsp3) is 0.483. The zero-order chi connectivity index (χ0) is 22.7. The summed E-state index contributed by atoms with van der Waals surface area (Å²) >= 11 is 0. The topological polar surface area (TPSA) is 38.3 Å². The van der Waals surface area contributed by atoms with Crippen molar-refractivity contribution in [1.82, 2.24) is 0 Å². The van der Waals surface area contributed by atoms with Crippen molar-refractivity contribution >= 4 is 17.7 Å². The summed E-state index contributed by atoms with van der Waals surface area (Å²) in [4.78, 5) is 11.9. The third-order valence-electron chi connectivity index (χ3n) is 5.64. The molecule has 3 heteroatoms. The summed E-state index contributed by atoms with van der Waals surface area (Å²) in [6.07, 6.45) is 19.7. The number of carbonyl (C=O) groups is 1. The Morgan fingerprint density at radius 1 is 0.750 bits per heavy atom. The standard InChI is InChI=1S/C29H41NO2/c1-2-3-4-5-6-7-8-9-10-11-12-16-25-30-27-22-19-26(20-23-27)21-24-29(31)32-28-17-14-13-15-18-28/h13-15,17-24,30H,2-12,16,25H2,1H3. The van der Waals surface area contributed by atoms with Crippen molar-refractivity contribution in [2.24, 2.45) is 0 Å². The lowest BCUT2D eigenvalue weighted by Gasteiger charge is -2.07. The average molecular weight is 436 g/mol. The van der Waals surface area contributed by atoms with Crippen LogP contribution in [-0.4, -0.2) is 12.5 Å². The molecule has 1 N–H and O–H groups in total. The molecule has 2 aromatic rings. The molecule has 32 heavy (non-hydrogen) atoms. The molecule has 0 bridgehead atoms. The number of anilines is 1. The summed E-state index contributed by atoms with van der Waals surface area (Å²) in [6.45, 7) is 3.29. The molecule has 0 saturated heterocycles. The lowest BCUT2D eigenvalue weighted by Crippen LogP contribution is -2.03. The number of benzene rings is 2. The third-order valence-corrected chi connectivity index (χ3v) is 5.64. The van der Waals surface area contributed by atoms with Crippen molar-refractivity contribution in [3.8, 4) is 5.75 Å². The quantitative estimate of drug-likeness (QED) is 0.117. The van der Waals surface area contributed by atoms with Gasteiger partial charge < -0.3 is 10.1 Å². The van der Waals surface area contributed by atoms with Gasteiger partial charge in [-0.15, -0.1) is 0 Å². The van der Waals surface area contributed by atoms with Gasteiger partial charge in [0.15, 0.2) is 0 Å². The Morgan fingerprint density at radius 2 is 1.31 bits per heavy atom. The number of hydrogen-bond acceptors (Lipinski definition) is 3. The number of para-hydroxylation sites is 1. The minimum Gasteiger partial charge on any atom is -0.423 e. The maximum absolute atomic E-state index is 11.9. The maximum Gasteiger partial charge on any atom is 0.336 e. The molecule has 2 rings (SSSR count). The van der Waals surface area contributed by atoms with Crippen LogP contribution in [0.4, 0.5) is 5.69 Å². The Hall–Kier alpha value is -2.55. The fourth-order valence-electron chi connectivity index (χ4n) is 3.71. The SMILES string of the molecule is CCCCCCCCCCCCCCNc1ccc(C=CC(=O)Oc2ccccc2)cc1. The molecule has 0 atom stereocenters. The minimum absolute atomic E-state index is 0.370. The smallest absolute Gasteiger partial charge is 0.336 e. The summed E-state index contributed by atoms with van der Waals surface area (Å²) in [5.74, 6) is 0.185. The molecule has 0 spiro atoms. The second kappa shape index (κ2) is 17.1. The number of carbonyl (C=O) groups excluding carboxylic acids is 1. The molecule has 0 heterocycles. The van der Waals surface area contributed by atoms with Gasteiger partial charge in [0.1, 0.15) is 5.75 Å². The van der Waals surface area contributed by atoms with E-state index in [9.17, 15) is 4.79 Å². The van der Waals surface area contributed by atoms with Crippen LogP contribution in [0.15, 0.2) is 60.7 Å². The van der Waals surface area contributed by atoms with E-state index in [1.54, 1.807) is 18.2 Å². The van der Waals surface area contributed by atoms with Crippen LogP contribution >= 0.6 is 0 Å². The fourth-order valence-corrected chi connectivity index (χ4v) is 3.71. The molecule has 2 aromatic carbocycles. The number of esters is 1. The lowest BCUT2D eigenvalue weighted by atomic mass is 10.1. The molecule has 0 aromatic heterocycles. The molecule has 0 aliphatic rings. The molecule has 0 amide bonds. The number of rotatable bonds is 17. The largest absolute Gasteiger partial charge is 0.423 e. The van der Waals surface area contributed by atoms with Crippen LogP contribution in [0, 0.1) is 0 Å². The molecule has 0 unspecified atom stereocenters. The summed E-state index contributed by atoms with van der Waals surface area (Å²) < 4.78 is 5.25. The van der Waals surface area contributed by atoms with E-state index in [1.165, 1.54) is 83.1 Å². The Bertz CT molecular complexity index is 752. The lowest BCUT2D eigenvalue weighted by molar-refractivity contribution is -0.128. The molecular weight excluding hydrogens is 394 g/mol. The molecule has 174 valence electrons. The molecule has 0 saturated carbocycles. The van der Waals surface area contributed by atoms with E-state index in [-0.39, 0.29) is 5.97 Å². The summed E-state index contributed by atoms with van der Waals surface area (Å²) in [7, 11) is 0. The van der Waals surface area contributed by atoms with E-state index in [0.717, 1.165) is 17.8 Å². The highest BCUT2D eigenvalue weighted by Crippen LogP contribution is 2.14. The number of hydrogen-bond donors (Lipinski definition) is 1. The van der Waals surface area contributed by atoms with E-state index >= 15 is 0 Å². The van der Waals surface area contributed by atoms with E-state index < -0.39 is 0 Å². The van der Waals surface area contributed by atoms with Crippen molar-refractivity contribution in [2.45, 2.75) is 84.0 Å². The van der Waals surface area contributed by atoms with Crippen LogP contribution in [0.25, 0.3) is 6.08 Å². The summed E-state index contributed by atoms with van der Waals surface area (Å²) in [5, 5.41) is 3.49. The van der Waals surface area contributed by atoms with Crippen LogP contribution in [0.5, 0.6) is 5.75 Å². The van der Waals surface area contributed by atoms with Gasteiger partial charge in [-0.05, 0) is 42.3 Å². The van der Waals surface area contributed by atoms with Gasteiger partial charge >= 0.3 is 5.97 Å². The Labute approximate surface area is 195 Å². The van der Waals surface area contributed by atoms with Gasteiger partial charge in [-0.3, -0.25) is 0 Å². The molecular formula is C29H41NO2. The minimum atomic E-state index is -0.370. The third kappa shape index (κ3) is 12.3. The van der Waals surface area contributed by atoms with E-state index in [4.69, 9.17) is 4.74 Å². The monoisotopic (exact) mass is 435 g/mol. The molecule has 0 radical (unpaired) electrons. The second-order valence-corrected chi connectivity index (χ2v) is 8.51. The Balaban J connectivity index is 1.49. The molecule has 3 nitrogen and oxygen atoms in total. The van der Waals surface area contributed by atoms with Crippen LogP contribution in [0.3, 0.4) is 0 Å². The van der Waals surface area contributed by atoms with Gasteiger partial charge in [-0.2, -0.15) is 0 Å². The molecule has 0 aliphatic heterocycles. The Morgan fingerprint density at radius 3 is 1.91 bits per heavy atom. The average Bonchev–Trinajstić information content (AvgIpc) is 2.82. The summed E-state index contributed by atoms with van der Waals surface area (Å²) in [5.41, 5.74) is 2.10. The van der Waals surface area contributed by atoms with Crippen molar-refractivity contribution in [3.63, 3.8) is 0 Å².